The van der Waals surface area contributed by atoms with Gasteiger partial charge in [-0.15, -0.1) is 10.2 Å². The highest BCUT2D eigenvalue weighted by Crippen LogP contribution is 2.32. The standard InChI is InChI=1S/C23H27N7O2/c1-16-9-11-29(12-13-30(16)22-8-10-25-21(26-22)7-4-14-31)19-15-18(27-28-23(19)24)17-5-2-3-6-20(17)32/h2-8,10,15-16,31-32H,9,11-14H2,1H3,(H2,24,28)/b7-4+/t16-/m0/s1. The minimum absolute atomic E-state index is 0.0488. The molecule has 1 aromatic carbocycles. The third-order valence-electron chi connectivity index (χ3n) is 5.61. The largest absolute Gasteiger partial charge is 0.507 e. The first kappa shape index (κ1) is 21.5. The van der Waals surface area contributed by atoms with Crippen LogP contribution in [0.3, 0.4) is 0 Å². The van der Waals surface area contributed by atoms with E-state index in [1.54, 1.807) is 30.5 Å². The molecular weight excluding hydrogens is 406 g/mol. The second-order valence-electron chi connectivity index (χ2n) is 7.69. The van der Waals surface area contributed by atoms with Gasteiger partial charge in [-0.25, -0.2) is 9.97 Å². The first-order valence-corrected chi connectivity index (χ1v) is 10.6. The number of nitrogens with zero attached hydrogens (tertiary/aromatic N) is 6. The van der Waals surface area contributed by atoms with Crippen LogP contribution in [-0.4, -0.2) is 62.7 Å². The van der Waals surface area contributed by atoms with E-state index in [1.807, 2.05) is 24.3 Å². The summed E-state index contributed by atoms with van der Waals surface area (Å²) in [6, 6.07) is 11.1. The molecule has 1 atom stereocenters. The second-order valence-corrected chi connectivity index (χ2v) is 7.69. The molecule has 0 bridgehead atoms. The van der Waals surface area contributed by atoms with Gasteiger partial charge < -0.3 is 25.7 Å². The number of aliphatic hydroxyl groups excluding tert-OH is 1. The Labute approximate surface area is 186 Å². The minimum Gasteiger partial charge on any atom is -0.507 e. The number of nitrogen functional groups attached to an aromatic ring is 1. The van der Waals surface area contributed by atoms with Crippen molar-refractivity contribution in [2.75, 3.05) is 41.8 Å². The molecule has 0 saturated carbocycles. The van der Waals surface area contributed by atoms with Crippen molar-refractivity contribution in [3.63, 3.8) is 0 Å². The van der Waals surface area contributed by atoms with Gasteiger partial charge in [0.05, 0.1) is 18.0 Å². The molecule has 1 aliphatic rings. The number of rotatable bonds is 5. The number of phenols is 1. The van der Waals surface area contributed by atoms with E-state index in [0.717, 1.165) is 37.6 Å². The summed E-state index contributed by atoms with van der Waals surface area (Å²) in [5.74, 6) is 1.94. The number of hydrogen-bond acceptors (Lipinski definition) is 9. The zero-order valence-electron chi connectivity index (χ0n) is 18.0. The van der Waals surface area contributed by atoms with Crippen LogP contribution in [0.15, 0.2) is 48.7 Å². The summed E-state index contributed by atoms with van der Waals surface area (Å²) >= 11 is 0. The molecule has 0 spiro atoms. The van der Waals surface area contributed by atoms with Crippen molar-refractivity contribution in [2.45, 2.75) is 19.4 Å². The molecule has 4 N–H and O–H groups in total. The van der Waals surface area contributed by atoms with Crippen LogP contribution in [0, 0.1) is 0 Å². The average molecular weight is 434 g/mol. The molecule has 3 heterocycles. The third-order valence-corrected chi connectivity index (χ3v) is 5.61. The van der Waals surface area contributed by atoms with E-state index in [1.165, 1.54) is 0 Å². The molecule has 0 aliphatic carbocycles. The van der Waals surface area contributed by atoms with Crippen molar-refractivity contribution < 1.29 is 10.2 Å². The van der Waals surface area contributed by atoms with E-state index in [4.69, 9.17) is 10.8 Å². The summed E-state index contributed by atoms with van der Waals surface area (Å²) in [4.78, 5) is 13.3. The van der Waals surface area contributed by atoms with E-state index >= 15 is 0 Å². The maximum atomic E-state index is 10.2. The Morgan fingerprint density at radius 3 is 2.81 bits per heavy atom. The van der Waals surface area contributed by atoms with Gasteiger partial charge in [-0.1, -0.05) is 18.2 Å². The smallest absolute Gasteiger partial charge is 0.169 e. The maximum Gasteiger partial charge on any atom is 0.169 e. The lowest BCUT2D eigenvalue weighted by molar-refractivity contribution is 0.343. The zero-order chi connectivity index (χ0) is 22.5. The number of aromatic nitrogens is 4. The van der Waals surface area contributed by atoms with Crippen molar-refractivity contribution in [1.82, 2.24) is 20.2 Å². The summed E-state index contributed by atoms with van der Waals surface area (Å²) in [6.45, 7) is 4.40. The Kier molecular flexibility index (Phi) is 6.46. The fourth-order valence-electron chi connectivity index (χ4n) is 3.87. The first-order valence-electron chi connectivity index (χ1n) is 10.6. The Hall–Kier alpha value is -3.72. The van der Waals surface area contributed by atoms with Crippen molar-refractivity contribution in [2.24, 2.45) is 0 Å². The Bertz CT molecular complexity index is 1110. The molecule has 0 amide bonds. The quantitative estimate of drug-likeness (QED) is 0.556. The lowest BCUT2D eigenvalue weighted by Gasteiger charge is -2.28. The van der Waals surface area contributed by atoms with Gasteiger partial charge in [-0.2, -0.15) is 0 Å². The minimum atomic E-state index is -0.0488. The predicted octanol–water partition coefficient (Wildman–Crippen LogP) is 2.33. The third kappa shape index (κ3) is 4.62. The van der Waals surface area contributed by atoms with Crippen LogP contribution in [0.25, 0.3) is 17.3 Å². The zero-order valence-corrected chi connectivity index (χ0v) is 18.0. The summed E-state index contributed by atoms with van der Waals surface area (Å²) in [6.07, 6.45) is 5.97. The summed E-state index contributed by atoms with van der Waals surface area (Å²) in [5.41, 5.74) is 8.20. The molecule has 2 aromatic heterocycles. The Morgan fingerprint density at radius 1 is 1.16 bits per heavy atom. The van der Waals surface area contributed by atoms with E-state index < -0.39 is 0 Å². The Morgan fingerprint density at radius 2 is 2.00 bits per heavy atom. The molecule has 1 saturated heterocycles. The highest BCUT2D eigenvalue weighted by Gasteiger charge is 2.24. The van der Waals surface area contributed by atoms with Gasteiger partial charge in [0.2, 0.25) is 0 Å². The average Bonchev–Trinajstić information content (AvgIpc) is 3.00. The number of para-hydroxylation sites is 1. The normalized spacial score (nSPS) is 17.0. The molecule has 3 aromatic rings. The van der Waals surface area contributed by atoms with E-state index in [0.29, 0.717) is 22.9 Å². The SMILES string of the molecule is C[C@H]1CCN(c2cc(-c3ccccc3O)nnc2N)CCN1c1ccnc(/C=C/CO)n1. The van der Waals surface area contributed by atoms with Crippen molar-refractivity contribution >= 4 is 23.4 Å². The number of anilines is 3. The summed E-state index contributed by atoms with van der Waals surface area (Å²) < 4.78 is 0. The van der Waals surface area contributed by atoms with E-state index in [2.05, 4.69) is 36.9 Å². The number of aliphatic hydroxyl groups is 1. The molecule has 4 rings (SSSR count). The van der Waals surface area contributed by atoms with Gasteiger partial charge in [0, 0.05) is 37.4 Å². The number of phenolic OH excluding ortho intramolecular Hbond substituents is 1. The topological polar surface area (TPSA) is 125 Å². The Balaban J connectivity index is 1.57. The van der Waals surface area contributed by atoms with Gasteiger partial charge in [-0.3, -0.25) is 0 Å². The number of nitrogens with two attached hydrogens (primary N) is 1. The molecular formula is C23H27N7O2. The highest BCUT2D eigenvalue weighted by molar-refractivity contribution is 5.74. The fourth-order valence-corrected chi connectivity index (χ4v) is 3.87. The molecule has 166 valence electrons. The summed E-state index contributed by atoms with van der Waals surface area (Å²) in [5, 5.41) is 27.5. The van der Waals surface area contributed by atoms with Gasteiger partial charge in [0.15, 0.2) is 11.6 Å². The second kappa shape index (κ2) is 9.61. The van der Waals surface area contributed by atoms with Gasteiger partial charge in [-0.05, 0) is 43.7 Å². The molecule has 1 fully saturated rings. The van der Waals surface area contributed by atoms with E-state index in [9.17, 15) is 5.11 Å². The van der Waals surface area contributed by atoms with Crippen LogP contribution >= 0.6 is 0 Å². The molecule has 1 aliphatic heterocycles. The van der Waals surface area contributed by atoms with Crippen LogP contribution < -0.4 is 15.5 Å². The monoisotopic (exact) mass is 433 g/mol. The van der Waals surface area contributed by atoms with Crippen LogP contribution in [0.4, 0.5) is 17.3 Å². The molecule has 0 unspecified atom stereocenters. The fraction of sp³-hybridized carbons (Fsp3) is 0.304. The van der Waals surface area contributed by atoms with E-state index in [-0.39, 0.29) is 18.4 Å². The molecule has 9 nitrogen and oxygen atoms in total. The molecule has 0 radical (unpaired) electrons. The van der Waals surface area contributed by atoms with Crippen molar-refractivity contribution in [3.05, 3.63) is 54.5 Å². The number of hydrogen-bond donors (Lipinski definition) is 3. The first-order chi connectivity index (χ1) is 15.6. The van der Waals surface area contributed by atoms with Gasteiger partial charge >= 0.3 is 0 Å². The number of benzene rings is 1. The van der Waals surface area contributed by atoms with Gasteiger partial charge in [0.25, 0.3) is 0 Å². The lowest BCUT2D eigenvalue weighted by atomic mass is 10.1. The molecule has 9 heteroatoms. The van der Waals surface area contributed by atoms with Crippen LogP contribution in [0.5, 0.6) is 5.75 Å². The molecule has 32 heavy (non-hydrogen) atoms. The predicted molar refractivity (Wildman–Crippen MR) is 125 cm³/mol. The van der Waals surface area contributed by atoms with Crippen LogP contribution in [-0.2, 0) is 0 Å². The highest BCUT2D eigenvalue weighted by atomic mass is 16.3. The maximum absolute atomic E-state index is 10.2. The summed E-state index contributed by atoms with van der Waals surface area (Å²) in [7, 11) is 0. The van der Waals surface area contributed by atoms with Crippen molar-refractivity contribution in [3.8, 4) is 17.0 Å². The van der Waals surface area contributed by atoms with Crippen LogP contribution in [0.2, 0.25) is 0 Å². The van der Waals surface area contributed by atoms with Crippen molar-refractivity contribution in [1.29, 1.82) is 0 Å². The lowest BCUT2D eigenvalue weighted by Crippen LogP contribution is -2.35. The number of aromatic hydroxyl groups is 1. The van der Waals surface area contributed by atoms with Crippen LogP contribution in [0.1, 0.15) is 19.2 Å². The van der Waals surface area contributed by atoms with Gasteiger partial charge in [0.1, 0.15) is 11.6 Å².